The van der Waals surface area contributed by atoms with Gasteiger partial charge in [0.15, 0.2) is 11.6 Å². The lowest BCUT2D eigenvalue weighted by atomic mass is 9.63. The minimum absolute atomic E-state index is 0.00430. The van der Waals surface area contributed by atoms with Crippen LogP contribution < -0.4 is 0 Å². The summed E-state index contributed by atoms with van der Waals surface area (Å²) < 4.78 is 0. The van der Waals surface area contributed by atoms with Crippen LogP contribution in [0.2, 0.25) is 0 Å². The van der Waals surface area contributed by atoms with Crippen molar-refractivity contribution in [1.82, 2.24) is 0 Å². The van der Waals surface area contributed by atoms with E-state index in [1.807, 2.05) is 18.2 Å². The molecule has 20 heavy (non-hydrogen) atoms. The van der Waals surface area contributed by atoms with E-state index in [-0.39, 0.29) is 17.0 Å². The summed E-state index contributed by atoms with van der Waals surface area (Å²) in [6, 6.07) is 10.2. The van der Waals surface area contributed by atoms with Gasteiger partial charge >= 0.3 is 0 Å². The molecule has 0 N–H and O–H groups in total. The standard InChI is InChI=1S/C18H18O2/c19-15-9-10-17(20)16(13-15)18(11-5-2-6-12-18)14-7-3-1-4-8-14/h1,3-4,7-10,13H,2,5-6,11-12H2. The van der Waals surface area contributed by atoms with E-state index in [1.165, 1.54) is 24.1 Å². The van der Waals surface area contributed by atoms with Gasteiger partial charge in [-0.2, -0.15) is 0 Å². The zero-order valence-electron chi connectivity index (χ0n) is 11.5. The smallest absolute Gasteiger partial charge is 0.182 e. The Bertz CT molecular complexity index is 587. The van der Waals surface area contributed by atoms with Crippen LogP contribution in [-0.4, -0.2) is 11.6 Å². The van der Waals surface area contributed by atoms with Crippen molar-refractivity contribution in [2.45, 2.75) is 37.5 Å². The maximum absolute atomic E-state index is 12.3. The number of hydrogen-bond donors (Lipinski definition) is 0. The predicted octanol–water partition coefficient (Wildman–Crippen LogP) is 3.52. The molecular weight excluding hydrogens is 248 g/mol. The van der Waals surface area contributed by atoms with Crippen LogP contribution in [0.4, 0.5) is 0 Å². The van der Waals surface area contributed by atoms with E-state index >= 15 is 0 Å². The summed E-state index contributed by atoms with van der Waals surface area (Å²) in [4.78, 5) is 24.0. The predicted molar refractivity (Wildman–Crippen MR) is 78.4 cm³/mol. The zero-order chi connectivity index (χ0) is 14.0. The van der Waals surface area contributed by atoms with Gasteiger partial charge < -0.3 is 0 Å². The van der Waals surface area contributed by atoms with Crippen molar-refractivity contribution in [1.29, 1.82) is 0 Å². The lowest BCUT2D eigenvalue weighted by Crippen LogP contribution is -2.35. The van der Waals surface area contributed by atoms with Gasteiger partial charge in [-0.25, -0.2) is 0 Å². The summed E-state index contributed by atoms with van der Waals surface area (Å²) in [5.41, 5.74) is 1.59. The van der Waals surface area contributed by atoms with E-state index < -0.39 is 0 Å². The number of hydrogen-bond acceptors (Lipinski definition) is 2. The van der Waals surface area contributed by atoms with E-state index in [1.54, 1.807) is 6.08 Å². The molecule has 0 bridgehead atoms. The van der Waals surface area contributed by atoms with E-state index in [9.17, 15) is 9.59 Å². The number of benzene rings is 1. The average Bonchev–Trinajstić information content (AvgIpc) is 2.51. The van der Waals surface area contributed by atoms with Gasteiger partial charge in [-0.15, -0.1) is 0 Å². The molecule has 0 amide bonds. The summed E-state index contributed by atoms with van der Waals surface area (Å²) >= 11 is 0. The summed E-state index contributed by atoms with van der Waals surface area (Å²) in [6.07, 6.45) is 9.69. The highest BCUT2D eigenvalue weighted by molar-refractivity contribution is 6.18. The normalized spacial score (nSPS) is 21.7. The van der Waals surface area contributed by atoms with Crippen molar-refractivity contribution in [3.63, 3.8) is 0 Å². The van der Waals surface area contributed by atoms with Gasteiger partial charge in [0.2, 0.25) is 0 Å². The highest BCUT2D eigenvalue weighted by Crippen LogP contribution is 2.45. The third kappa shape index (κ3) is 2.15. The van der Waals surface area contributed by atoms with Crippen molar-refractivity contribution in [3.05, 3.63) is 59.7 Å². The Morgan fingerprint density at radius 3 is 2.25 bits per heavy atom. The third-order valence-corrected chi connectivity index (χ3v) is 4.50. The Hall–Kier alpha value is -1.96. The first-order chi connectivity index (χ1) is 9.72. The molecule has 2 nitrogen and oxygen atoms in total. The Balaban J connectivity index is 2.11. The fourth-order valence-corrected chi connectivity index (χ4v) is 3.51. The van der Waals surface area contributed by atoms with Crippen molar-refractivity contribution < 1.29 is 9.59 Å². The van der Waals surface area contributed by atoms with Crippen LogP contribution in [0.1, 0.15) is 37.7 Å². The quantitative estimate of drug-likeness (QED) is 0.767. The molecule has 2 aliphatic rings. The second kappa shape index (κ2) is 5.20. The van der Waals surface area contributed by atoms with Crippen LogP contribution in [0, 0.1) is 0 Å². The number of carbonyl (C=O) groups excluding carboxylic acids is 2. The molecule has 0 radical (unpaired) electrons. The van der Waals surface area contributed by atoms with Gasteiger partial charge in [0.1, 0.15) is 0 Å². The minimum atomic E-state index is -0.267. The maximum atomic E-state index is 12.3. The zero-order valence-corrected chi connectivity index (χ0v) is 11.5. The first kappa shape index (κ1) is 13.0. The molecule has 1 aromatic carbocycles. The molecule has 3 rings (SSSR count). The molecule has 0 unspecified atom stereocenters. The Kier molecular flexibility index (Phi) is 3.39. The molecule has 2 aliphatic carbocycles. The first-order valence-electron chi connectivity index (χ1n) is 7.26. The Morgan fingerprint density at radius 2 is 1.55 bits per heavy atom. The van der Waals surface area contributed by atoms with Gasteiger partial charge in [-0.05, 0) is 36.6 Å². The monoisotopic (exact) mass is 266 g/mol. The maximum Gasteiger partial charge on any atom is 0.182 e. The fourth-order valence-electron chi connectivity index (χ4n) is 3.51. The van der Waals surface area contributed by atoms with E-state index in [0.717, 1.165) is 25.7 Å². The second-order valence-electron chi connectivity index (χ2n) is 5.67. The van der Waals surface area contributed by atoms with E-state index in [4.69, 9.17) is 0 Å². The molecular formula is C18H18O2. The number of allylic oxidation sites excluding steroid dienone is 4. The molecule has 1 saturated carbocycles. The molecule has 0 aliphatic heterocycles. The largest absolute Gasteiger partial charge is 0.290 e. The SMILES string of the molecule is O=C1C=CC(=O)C(C2(c3ccccc3)CCCCC2)=C1. The molecule has 102 valence electrons. The van der Waals surface area contributed by atoms with Crippen LogP contribution in [0.15, 0.2) is 54.1 Å². The van der Waals surface area contributed by atoms with Crippen molar-refractivity contribution >= 4 is 11.6 Å². The van der Waals surface area contributed by atoms with E-state index in [2.05, 4.69) is 12.1 Å². The van der Waals surface area contributed by atoms with Crippen LogP contribution >= 0.6 is 0 Å². The van der Waals surface area contributed by atoms with Crippen LogP contribution in [0.3, 0.4) is 0 Å². The Labute approximate surface area is 119 Å². The fraction of sp³-hybridized carbons (Fsp3) is 0.333. The van der Waals surface area contributed by atoms with Crippen LogP contribution in [0.25, 0.3) is 0 Å². The third-order valence-electron chi connectivity index (χ3n) is 4.50. The van der Waals surface area contributed by atoms with Crippen LogP contribution in [0.5, 0.6) is 0 Å². The number of carbonyl (C=O) groups is 2. The summed E-state index contributed by atoms with van der Waals surface area (Å²) in [5, 5.41) is 0. The molecule has 2 heteroatoms. The van der Waals surface area contributed by atoms with Gasteiger partial charge in [-0.3, -0.25) is 9.59 Å². The first-order valence-corrected chi connectivity index (χ1v) is 7.26. The lowest BCUT2D eigenvalue weighted by molar-refractivity contribution is -0.115. The topological polar surface area (TPSA) is 34.1 Å². The molecule has 1 aromatic rings. The summed E-state index contributed by atoms with van der Waals surface area (Å²) in [7, 11) is 0. The molecule has 1 fully saturated rings. The lowest BCUT2D eigenvalue weighted by Gasteiger charge is -2.39. The van der Waals surface area contributed by atoms with Gasteiger partial charge in [0.05, 0.1) is 0 Å². The van der Waals surface area contributed by atoms with Gasteiger partial charge in [0, 0.05) is 11.0 Å². The van der Waals surface area contributed by atoms with Gasteiger partial charge in [0.25, 0.3) is 0 Å². The van der Waals surface area contributed by atoms with Crippen LogP contribution in [-0.2, 0) is 15.0 Å². The molecule has 0 heterocycles. The molecule has 0 aromatic heterocycles. The highest BCUT2D eigenvalue weighted by Gasteiger charge is 2.40. The summed E-state index contributed by atoms with van der Waals surface area (Å²) in [6.45, 7) is 0. The number of rotatable bonds is 2. The number of ketones is 2. The van der Waals surface area contributed by atoms with Crippen molar-refractivity contribution in [3.8, 4) is 0 Å². The van der Waals surface area contributed by atoms with Crippen molar-refractivity contribution in [2.24, 2.45) is 0 Å². The molecule has 0 saturated heterocycles. The minimum Gasteiger partial charge on any atom is -0.290 e. The molecule has 0 atom stereocenters. The molecule has 0 spiro atoms. The highest BCUT2D eigenvalue weighted by atomic mass is 16.1. The van der Waals surface area contributed by atoms with Gasteiger partial charge in [-0.1, -0.05) is 49.6 Å². The summed E-state index contributed by atoms with van der Waals surface area (Å²) in [5.74, 6) is -0.0733. The second-order valence-corrected chi connectivity index (χ2v) is 5.67. The Morgan fingerprint density at radius 1 is 0.850 bits per heavy atom. The van der Waals surface area contributed by atoms with E-state index in [0.29, 0.717) is 5.57 Å². The average molecular weight is 266 g/mol. The van der Waals surface area contributed by atoms with Crippen molar-refractivity contribution in [2.75, 3.05) is 0 Å².